The Morgan fingerprint density at radius 1 is 1.83 bits per heavy atom. The highest BCUT2D eigenvalue weighted by Gasteiger charge is 2.34. The lowest BCUT2D eigenvalue weighted by molar-refractivity contribution is -0.150. The van der Waals surface area contributed by atoms with E-state index in [0.717, 1.165) is 0 Å². The number of carbonyl (C=O) groups is 2. The van der Waals surface area contributed by atoms with Crippen LogP contribution in [0.2, 0.25) is 0 Å². The van der Waals surface area contributed by atoms with Crippen LogP contribution in [0.15, 0.2) is 0 Å². The summed E-state index contributed by atoms with van der Waals surface area (Å²) in [5.74, 6) is -0.443. The van der Waals surface area contributed by atoms with Crippen LogP contribution < -0.4 is 5.32 Å². The summed E-state index contributed by atoms with van der Waals surface area (Å²) in [6.07, 6.45) is 0.444. The molecule has 0 bridgehead atoms. The molecule has 1 aliphatic heterocycles. The summed E-state index contributed by atoms with van der Waals surface area (Å²) in [5, 5.41) is 2.64. The van der Waals surface area contributed by atoms with Gasteiger partial charge in [-0.3, -0.25) is 9.59 Å². The van der Waals surface area contributed by atoms with E-state index in [1.807, 2.05) is 0 Å². The minimum Gasteiger partial charge on any atom is -0.466 e. The lowest BCUT2D eigenvalue weighted by Gasteiger charge is -2.30. The lowest BCUT2D eigenvalue weighted by atomic mass is 9.93. The molecule has 1 aliphatic rings. The normalized spacial score (nSPS) is 23.8. The minimum absolute atomic E-state index is 0.0103. The first-order valence-corrected chi connectivity index (χ1v) is 4.11. The minimum atomic E-state index is -0.234. The second-order valence-electron chi connectivity index (χ2n) is 2.92. The van der Waals surface area contributed by atoms with Gasteiger partial charge in [0, 0.05) is 6.42 Å². The van der Waals surface area contributed by atoms with Crippen molar-refractivity contribution in [1.82, 2.24) is 5.32 Å². The number of amides is 1. The number of nitrogens with one attached hydrogen (secondary N) is 1. The smallest absolute Gasteiger partial charge is 0.310 e. The predicted molar refractivity (Wildman–Crippen MR) is 42.3 cm³/mol. The number of carbonyl (C=O) groups excluding carboxylic acids is 2. The monoisotopic (exact) mass is 171 g/mol. The first-order chi connectivity index (χ1) is 5.65. The molecule has 1 N–H and O–H groups in total. The Labute approximate surface area is 71.3 Å². The van der Waals surface area contributed by atoms with Gasteiger partial charge < -0.3 is 10.1 Å². The van der Waals surface area contributed by atoms with Crippen LogP contribution in [0.4, 0.5) is 0 Å². The van der Waals surface area contributed by atoms with E-state index in [1.54, 1.807) is 13.8 Å². The number of rotatable bonds is 3. The van der Waals surface area contributed by atoms with E-state index in [4.69, 9.17) is 4.74 Å². The molecule has 0 aliphatic carbocycles. The molecule has 0 saturated carbocycles. The number of esters is 1. The Bertz CT molecular complexity index is 194. The van der Waals surface area contributed by atoms with Crippen LogP contribution in [0.3, 0.4) is 0 Å². The van der Waals surface area contributed by atoms with E-state index in [-0.39, 0.29) is 23.8 Å². The molecule has 1 rings (SSSR count). The topological polar surface area (TPSA) is 55.4 Å². The summed E-state index contributed by atoms with van der Waals surface area (Å²) < 4.78 is 4.81. The van der Waals surface area contributed by atoms with Crippen LogP contribution >= 0.6 is 0 Å². The van der Waals surface area contributed by atoms with E-state index in [9.17, 15) is 9.59 Å². The highest BCUT2D eigenvalue weighted by molar-refractivity contribution is 5.85. The summed E-state index contributed by atoms with van der Waals surface area (Å²) in [6, 6.07) is -0.0171. The molecule has 0 unspecified atom stereocenters. The van der Waals surface area contributed by atoms with Crippen molar-refractivity contribution in [1.29, 1.82) is 0 Å². The fourth-order valence-corrected chi connectivity index (χ4v) is 1.13. The van der Waals surface area contributed by atoms with Gasteiger partial charge in [0.1, 0.15) is 0 Å². The molecular weight excluding hydrogens is 158 g/mol. The van der Waals surface area contributed by atoms with E-state index < -0.39 is 0 Å². The van der Waals surface area contributed by atoms with E-state index in [1.165, 1.54) is 0 Å². The average molecular weight is 171 g/mol. The summed E-state index contributed by atoms with van der Waals surface area (Å²) in [6.45, 7) is 3.93. The SMILES string of the molecule is CCOC(=O)[C@H](C)[C@H]1CC(=O)N1. The third-order valence-corrected chi connectivity index (χ3v) is 2.01. The van der Waals surface area contributed by atoms with Gasteiger partial charge in [0.2, 0.25) is 5.91 Å². The zero-order chi connectivity index (χ0) is 9.14. The molecule has 12 heavy (non-hydrogen) atoms. The second kappa shape index (κ2) is 3.56. The van der Waals surface area contributed by atoms with Crippen LogP contribution in [0, 0.1) is 5.92 Å². The van der Waals surface area contributed by atoms with Gasteiger partial charge in [0.15, 0.2) is 0 Å². The van der Waals surface area contributed by atoms with Gasteiger partial charge in [0.05, 0.1) is 18.6 Å². The van der Waals surface area contributed by atoms with Crippen molar-refractivity contribution in [2.75, 3.05) is 6.61 Å². The molecule has 4 nitrogen and oxygen atoms in total. The fraction of sp³-hybridized carbons (Fsp3) is 0.750. The van der Waals surface area contributed by atoms with Gasteiger partial charge in [-0.1, -0.05) is 0 Å². The van der Waals surface area contributed by atoms with Crippen LogP contribution in [0.1, 0.15) is 20.3 Å². The molecule has 0 aromatic rings. The Morgan fingerprint density at radius 2 is 2.42 bits per heavy atom. The Balaban J connectivity index is 2.32. The van der Waals surface area contributed by atoms with Crippen LogP contribution in [0.25, 0.3) is 0 Å². The van der Waals surface area contributed by atoms with Crippen molar-refractivity contribution >= 4 is 11.9 Å². The Kier molecular flexibility index (Phi) is 2.68. The Hall–Kier alpha value is -1.06. The zero-order valence-corrected chi connectivity index (χ0v) is 7.29. The maximum atomic E-state index is 11.1. The summed E-state index contributed by atoms with van der Waals surface area (Å²) in [4.78, 5) is 21.6. The van der Waals surface area contributed by atoms with Gasteiger partial charge in [-0.05, 0) is 13.8 Å². The summed E-state index contributed by atoms with van der Waals surface area (Å²) in [5.41, 5.74) is 0. The van der Waals surface area contributed by atoms with Crippen molar-refractivity contribution in [3.63, 3.8) is 0 Å². The van der Waals surface area contributed by atoms with Crippen LogP contribution in [-0.4, -0.2) is 24.5 Å². The van der Waals surface area contributed by atoms with Crippen LogP contribution in [-0.2, 0) is 14.3 Å². The average Bonchev–Trinajstić information content (AvgIpc) is 1.98. The molecule has 0 aromatic carbocycles. The van der Waals surface area contributed by atoms with Gasteiger partial charge in [0.25, 0.3) is 0 Å². The van der Waals surface area contributed by atoms with Gasteiger partial charge in [-0.2, -0.15) is 0 Å². The zero-order valence-electron chi connectivity index (χ0n) is 7.29. The highest BCUT2D eigenvalue weighted by Crippen LogP contribution is 2.15. The maximum absolute atomic E-state index is 11.1. The van der Waals surface area contributed by atoms with E-state index in [0.29, 0.717) is 13.0 Å². The molecule has 1 saturated heterocycles. The molecule has 1 heterocycles. The standard InChI is InChI=1S/C8H13NO3/c1-3-12-8(11)5(2)6-4-7(10)9-6/h5-6H,3-4H2,1-2H3,(H,9,10)/t5-,6-/m1/s1. The van der Waals surface area contributed by atoms with E-state index in [2.05, 4.69) is 5.32 Å². The molecule has 68 valence electrons. The van der Waals surface area contributed by atoms with Crippen molar-refractivity contribution in [3.8, 4) is 0 Å². The molecule has 0 spiro atoms. The van der Waals surface area contributed by atoms with Gasteiger partial charge in [-0.25, -0.2) is 0 Å². The third kappa shape index (κ3) is 1.75. The Morgan fingerprint density at radius 3 is 2.83 bits per heavy atom. The van der Waals surface area contributed by atoms with Crippen molar-refractivity contribution < 1.29 is 14.3 Å². The number of ether oxygens (including phenoxy) is 1. The van der Waals surface area contributed by atoms with Gasteiger partial charge in [-0.15, -0.1) is 0 Å². The number of hydrogen-bond donors (Lipinski definition) is 1. The first-order valence-electron chi connectivity index (χ1n) is 4.11. The maximum Gasteiger partial charge on any atom is 0.310 e. The summed E-state index contributed by atoms with van der Waals surface area (Å²) in [7, 11) is 0. The molecule has 0 aromatic heterocycles. The van der Waals surface area contributed by atoms with Crippen molar-refractivity contribution in [3.05, 3.63) is 0 Å². The molecule has 0 radical (unpaired) electrons. The van der Waals surface area contributed by atoms with Crippen molar-refractivity contribution in [2.45, 2.75) is 26.3 Å². The second-order valence-corrected chi connectivity index (χ2v) is 2.92. The lowest BCUT2D eigenvalue weighted by Crippen LogP contribution is -2.54. The van der Waals surface area contributed by atoms with E-state index >= 15 is 0 Å². The fourth-order valence-electron chi connectivity index (χ4n) is 1.13. The molecule has 1 fully saturated rings. The molecule has 2 atom stereocenters. The third-order valence-electron chi connectivity index (χ3n) is 2.01. The molecule has 1 amide bonds. The molecular formula is C8H13NO3. The summed E-state index contributed by atoms with van der Waals surface area (Å²) >= 11 is 0. The largest absolute Gasteiger partial charge is 0.466 e. The van der Waals surface area contributed by atoms with Crippen molar-refractivity contribution in [2.24, 2.45) is 5.92 Å². The number of β-lactam (4-membered cyclic amide) rings is 1. The predicted octanol–water partition coefficient (Wildman–Crippen LogP) is 0.0741. The first kappa shape index (κ1) is 9.03. The number of hydrogen-bond acceptors (Lipinski definition) is 3. The molecule has 4 heteroatoms. The highest BCUT2D eigenvalue weighted by atomic mass is 16.5. The van der Waals surface area contributed by atoms with Crippen LogP contribution in [0.5, 0.6) is 0 Å². The van der Waals surface area contributed by atoms with Gasteiger partial charge >= 0.3 is 5.97 Å². The quantitative estimate of drug-likeness (QED) is 0.483.